The molecule has 5 rings (SSSR count). The molecular formula is C26H18O7. The molecule has 0 heterocycles. The van der Waals surface area contributed by atoms with Gasteiger partial charge in [-0.2, -0.15) is 0 Å². The van der Waals surface area contributed by atoms with Gasteiger partial charge in [-0.3, -0.25) is 9.59 Å². The highest BCUT2D eigenvalue weighted by Gasteiger charge is 2.23. The smallest absolute Gasteiger partial charge is 0.336 e. The number of Topliss-reactive ketones (excluding diaryl/α,β-unsaturated/α-hetero) is 1. The van der Waals surface area contributed by atoms with E-state index in [9.17, 15) is 29.4 Å². The summed E-state index contributed by atoms with van der Waals surface area (Å²) in [5.41, 5.74) is 0.617. The quantitative estimate of drug-likeness (QED) is 0.158. The first-order valence-corrected chi connectivity index (χ1v) is 9.92. The summed E-state index contributed by atoms with van der Waals surface area (Å²) in [6.07, 6.45) is 0.632. The molecular weight excluding hydrogens is 424 g/mol. The van der Waals surface area contributed by atoms with Gasteiger partial charge in [0, 0.05) is 29.0 Å². The molecule has 0 bridgehead atoms. The van der Waals surface area contributed by atoms with Crippen LogP contribution in [0.15, 0.2) is 48.5 Å². The third kappa shape index (κ3) is 3.01. The largest absolute Gasteiger partial charge is 0.478 e. The van der Waals surface area contributed by atoms with Crippen molar-refractivity contribution in [2.75, 3.05) is 7.11 Å². The highest BCUT2D eigenvalue weighted by Crippen LogP contribution is 2.43. The number of hydrogen-bond acceptors (Lipinski definition) is 5. The number of aliphatic hydroxyl groups is 1. The van der Waals surface area contributed by atoms with Gasteiger partial charge in [0.2, 0.25) is 0 Å². The molecule has 33 heavy (non-hydrogen) atoms. The van der Waals surface area contributed by atoms with E-state index in [4.69, 9.17) is 5.11 Å². The number of carbonyl (C=O) groups excluding carboxylic acids is 2. The van der Waals surface area contributed by atoms with Crippen LogP contribution >= 0.6 is 0 Å². The SMILES string of the molecule is CC(=O)c1ccc2c3ccc(C(=O)O)c4c(C=O)ccc(c5ccc(C(=O)O)c1c25)c43.CO. The summed E-state index contributed by atoms with van der Waals surface area (Å²) < 4.78 is 0. The van der Waals surface area contributed by atoms with Gasteiger partial charge in [0.15, 0.2) is 12.1 Å². The normalized spacial score (nSPS) is 11.0. The third-order valence-corrected chi connectivity index (χ3v) is 5.90. The number of carboxylic acids is 2. The molecule has 0 spiro atoms. The highest BCUT2D eigenvalue weighted by atomic mass is 16.4. The van der Waals surface area contributed by atoms with Crippen LogP contribution in [0.5, 0.6) is 0 Å². The zero-order valence-electron chi connectivity index (χ0n) is 17.7. The van der Waals surface area contributed by atoms with Gasteiger partial charge in [-0.1, -0.05) is 36.4 Å². The van der Waals surface area contributed by atoms with Crippen LogP contribution in [-0.2, 0) is 0 Å². The minimum atomic E-state index is -1.14. The van der Waals surface area contributed by atoms with Crippen molar-refractivity contribution in [2.45, 2.75) is 6.92 Å². The van der Waals surface area contributed by atoms with Crippen molar-refractivity contribution in [3.8, 4) is 0 Å². The summed E-state index contributed by atoms with van der Waals surface area (Å²) in [5.74, 6) is -2.53. The van der Waals surface area contributed by atoms with Crippen molar-refractivity contribution in [3.05, 3.63) is 70.8 Å². The van der Waals surface area contributed by atoms with E-state index in [1.54, 1.807) is 36.4 Å². The Morgan fingerprint density at radius 2 is 1.00 bits per heavy atom. The molecule has 7 heteroatoms. The molecule has 0 saturated carbocycles. The lowest BCUT2D eigenvalue weighted by molar-refractivity contribution is 0.0688. The molecule has 0 unspecified atom stereocenters. The summed E-state index contributed by atoms with van der Waals surface area (Å²) in [4.78, 5) is 47.8. The number of benzene rings is 5. The van der Waals surface area contributed by atoms with E-state index in [-0.39, 0.29) is 22.5 Å². The number of rotatable bonds is 4. The summed E-state index contributed by atoms with van der Waals surface area (Å²) in [5, 5.41) is 31.2. The van der Waals surface area contributed by atoms with E-state index < -0.39 is 11.9 Å². The van der Waals surface area contributed by atoms with E-state index in [2.05, 4.69) is 0 Å². The lowest BCUT2D eigenvalue weighted by Crippen LogP contribution is -2.05. The van der Waals surface area contributed by atoms with Crippen molar-refractivity contribution in [3.63, 3.8) is 0 Å². The maximum absolute atomic E-state index is 12.3. The molecule has 0 atom stereocenters. The summed E-state index contributed by atoms with van der Waals surface area (Å²) in [6.45, 7) is 1.39. The maximum Gasteiger partial charge on any atom is 0.336 e. The van der Waals surface area contributed by atoms with Crippen LogP contribution in [0.1, 0.15) is 48.4 Å². The summed E-state index contributed by atoms with van der Waals surface area (Å²) in [7, 11) is 1.00. The average molecular weight is 442 g/mol. The number of aliphatic hydroxyl groups excluding tert-OH is 1. The third-order valence-electron chi connectivity index (χ3n) is 5.90. The molecule has 7 nitrogen and oxygen atoms in total. The predicted octanol–water partition coefficient (Wildman–Crippen LogP) is 4.76. The second-order valence-corrected chi connectivity index (χ2v) is 7.47. The maximum atomic E-state index is 12.3. The first kappa shape index (κ1) is 21.9. The van der Waals surface area contributed by atoms with E-state index in [0.717, 1.165) is 7.11 Å². The lowest BCUT2D eigenvalue weighted by Gasteiger charge is -2.18. The fraction of sp³-hybridized carbons (Fsp3) is 0.0769. The van der Waals surface area contributed by atoms with Gasteiger partial charge in [-0.25, -0.2) is 9.59 Å². The van der Waals surface area contributed by atoms with Gasteiger partial charge < -0.3 is 15.3 Å². The van der Waals surface area contributed by atoms with E-state index >= 15 is 0 Å². The monoisotopic (exact) mass is 442 g/mol. The number of ketones is 1. The summed E-state index contributed by atoms with van der Waals surface area (Å²) in [6, 6.07) is 12.9. The lowest BCUT2D eigenvalue weighted by atomic mass is 9.84. The molecule has 0 radical (unpaired) electrons. The topological polar surface area (TPSA) is 129 Å². The zero-order valence-corrected chi connectivity index (χ0v) is 17.7. The minimum absolute atomic E-state index is 0.0184. The molecule has 0 aliphatic carbocycles. The van der Waals surface area contributed by atoms with Crippen LogP contribution in [-0.4, -0.2) is 46.4 Å². The molecule has 0 aromatic heterocycles. The Bertz CT molecular complexity index is 1560. The minimum Gasteiger partial charge on any atom is -0.478 e. The Labute approximate surface area is 186 Å². The number of carbonyl (C=O) groups is 4. The number of hydrogen-bond donors (Lipinski definition) is 3. The van der Waals surface area contributed by atoms with Crippen LogP contribution in [0.4, 0.5) is 0 Å². The Morgan fingerprint density at radius 1 is 0.606 bits per heavy atom. The van der Waals surface area contributed by atoms with Crippen LogP contribution in [0.2, 0.25) is 0 Å². The van der Waals surface area contributed by atoms with Crippen LogP contribution in [0.25, 0.3) is 43.1 Å². The van der Waals surface area contributed by atoms with Crippen molar-refractivity contribution >= 4 is 67.1 Å². The molecule has 5 aromatic carbocycles. The fourth-order valence-corrected chi connectivity index (χ4v) is 4.66. The second-order valence-electron chi connectivity index (χ2n) is 7.47. The molecule has 5 aromatic rings. The first-order chi connectivity index (χ1) is 15.8. The van der Waals surface area contributed by atoms with Gasteiger partial charge in [0.05, 0.1) is 11.1 Å². The Hall–Kier alpha value is -4.36. The number of carboxylic acid groups (broad SMARTS) is 2. The number of fused-ring (bicyclic) bond motifs is 2. The highest BCUT2D eigenvalue weighted by molar-refractivity contribution is 6.37. The van der Waals surface area contributed by atoms with Crippen LogP contribution < -0.4 is 0 Å². The predicted molar refractivity (Wildman–Crippen MR) is 125 cm³/mol. The molecule has 0 saturated heterocycles. The average Bonchev–Trinajstić information content (AvgIpc) is 2.82. The molecule has 3 N–H and O–H groups in total. The number of aromatic carboxylic acids is 2. The van der Waals surface area contributed by atoms with Crippen molar-refractivity contribution in [2.24, 2.45) is 0 Å². The number of aldehydes is 1. The first-order valence-electron chi connectivity index (χ1n) is 9.92. The molecule has 0 fully saturated rings. The molecule has 0 amide bonds. The van der Waals surface area contributed by atoms with Crippen molar-refractivity contribution in [1.82, 2.24) is 0 Å². The van der Waals surface area contributed by atoms with Crippen LogP contribution in [0, 0.1) is 0 Å². The Balaban J connectivity index is 0.00000126. The summed E-state index contributed by atoms with van der Waals surface area (Å²) >= 11 is 0. The van der Waals surface area contributed by atoms with Gasteiger partial charge in [-0.05, 0) is 51.4 Å². The molecule has 0 aliphatic rings. The van der Waals surface area contributed by atoms with E-state index in [1.807, 2.05) is 0 Å². The standard InChI is InChI=1S/C25H14O6.CH4O/c1-11(27)13-4-5-16-15-6-8-18(24(28)29)20-12(10-26)2-3-14(22(15)20)17-7-9-19(25(30)31)21(13)23(16)17;1-2/h2-10H,1H3,(H,28,29)(H,30,31);2H,1H3. The van der Waals surface area contributed by atoms with Gasteiger partial charge >= 0.3 is 11.9 Å². The van der Waals surface area contributed by atoms with Gasteiger partial charge in [0.25, 0.3) is 0 Å². The Morgan fingerprint density at radius 3 is 1.42 bits per heavy atom. The van der Waals surface area contributed by atoms with Gasteiger partial charge in [0.1, 0.15) is 0 Å². The van der Waals surface area contributed by atoms with Crippen LogP contribution in [0.3, 0.4) is 0 Å². The Kier molecular flexibility index (Phi) is 5.27. The molecule has 164 valence electrons. The molecule has 0 aliphatic heterocycles. The second kappa shape index (κ2) is 7.96. The van der Waals surface area contributed by atoms with Crippen molar-refractivity contribution in [1.29, 1.82) is 0 Å². The van der Waals surface area contributed by atoms with Gasteiger partial charge in [-0.15, -0.1) is 0 Å². The van der Waals surface area contributed by atoms with E-state index in [1.165, 1.54) is 19.1 Å². The van der Waals surface area contributed by atoms with E-state index in [0.29, 0.717) is 54.9 Å². The van der Waals surface area contributed by atoms with Crippen molar-refractivity contribution < 1.29 is 34.5 Å². The zero-order chi connectivity index (χ0) is 24.0. The fourth-order valence-electron chi connectivity index (χ4n) is 4.66.